The van der Waals surface area contributed by atoms with E-state index >= 15 is 0 Å². The Hall–Kier alpha value is -15.5. The molecule has 4 heterocycles. The highest BCUT2D eigenvalue weighted by molar-refractivity contribution is 6.14. The fraction of sp³-hybridized carbons (Fsp3) is 0. The molecule has 9 heteroatoms. The van der Waals surface area contributed by atoms with Crippen molar-refractivity contribution in [1.29, 1.82) is 0 Å². The second-order valence-electron chi connectivity index (χ2n) is 29.2. The van der Waals surface area contributed by atoms with Crippen LogP contribution in [0.4, 0.5) is 51.2 Å². The van der Waals surface area contributed by atoms with Crippen molar-refractivity contribution in [2.45, 2.75) is 0 Å². The molecule has 0 fully saturated rings. The first-order chi connectivity index (χ1) is 56.5. The molecule has 534 valence electrons. The number of benzene rings is 18. The summed E-state index contributed by atoms with van der Waals surface area (Å²) in [6, 6.07) is 151. The molecule has 0 amide bonds. The van der Waals surface area contributed by atoms with Crippen molar-refractivity contribution < 1.29 is 0 Å². The van der Waals surface area contributed by atoms with Crippen LogP contribution in [0.1, 0.15) is 0 Å². The summed E-state index contributed by atoms with van der Waals surface area (Å²) in [5.41, 5.74) is 21.6. The zero-order chi connectivity index (χ0) is 75.2. The van der Waals surface area contributed by atoms with Crippen molar-refractivity contribution in [1.82, 2.24) is 28.7 Å². The molecule has 4 aromatic heterocycles. The van der Waals surface area contributed by atoms with Gasteiger partial charge in [-0.2, -0.15) is 0 Å². The number of hydrogen-bond donors (Lipinski definition) is 0. The van der Waals surface area contributed by atoms with Gasteiger partial charge in [-0.1, -0.05) is 237 Å². The Morgan fingerprint density at radius 2 is 0.404 bits per heavy atom. The highest BCUT2D eigenvalue weighted by Gasteiger charge is 2.25. The van der Waals surface area contributed by atoms with Crippen molar-refractivity contribution >= 4 is 149 Å². The van der Waals surface area contributed by atoms with Gasteiger partial charge in [0, 0.05) is 117 Å². The lowest BCUT2D eigenvalue weighted by molar-refractivity contribution is 1.07. The highest BCUT2D eigenvalue weighted by Crippen LogP contribution is 2.46. The minimum atomic E-state index is 0.544. The summed E-state index contributed by atoms with van der Waals surface area (Å²) < 4.78 is 7.14. The summed E-state index contributed by atoms with van der Waals surface area (Å²) in [4.78, 5) is 23.8. The van der Waals surface area contributed by atoms with Gasteiger partial charge in [-0.15, -0.1) is 0 Å². The van der Waals surface area contributed by atoms with Crippen LogP contribution in [0.25, 0.3) is 149 Å². The maximum atomic E-state index is 5.58. The molecule has 0 unspecified atom stereocenters. The molecule has 22 aromatic rings. The fourth-order valence-corrected chi connectivity index (χ4v) is 17.3. The van der Waals surface area contributed by atoms with E-state index in [4.69, 9.17) is 15.0 Å². The van der Waals surface area contributed by atoms with Crippen molar-refractivity contribution in [2.24, 2.45) is 0 Å². The van der Waals surface area contributed by atoms with E-state index in [-0.39, 0.29) is 0 Å². The minimum Gasteiger partial charge on any atom is -0.310 e. The molecule has 0 radical (unpaired) electrons. The Morgan fingerprint density at radius 1 is 0.158 bits per heavy atom. The van der Waals surface area contributed by atoms with Crippen LogP contribution >= 0.6 is 0 Å². The van der Waals surface area contributed by atoms with Gasteiger partial charge >= 0.3 is 0 Å². The molecule has 22 rings (SSSR count). The predicted molar refractivity (Wildman–Crippen MR) is 476 cm³/mol. The molecule has 9 nitrogen and oxygen atoms in total. The first-order valence-electron chi connectivity index (χ1n) is 38.7. The van der Waals surface area contributed by atoms with Crippen LogP contribution in [0.5, 0.6) is 0 Å². The molecule has 0 aliphatic heterocycles. The molecule has 0 N–H and O–H groups in total. The average molecular weight is 1460 g/mol. The van der Waals surface area contributed by atoms with E-state index in [1.54, 1.807) is 0 Å². The van der Waals surface area contributed by atoms with E-state index in [1.165, 1.54) is 32.3 Å². The minimum absolute atomic E-state index is 0.544. The van der Waals surface area contributed by atoms with Crippen LogP contribution in [-0.4, -0.2) is 28.7 Å². The zero-order valence-electron chi connectivity index (χ0n) is 61.9. The number of nitrogens with zero attached hydrogens (tertiary/aromatic N) is 9. The maximum Gasteiger partial charge on any atom is 0.164 e. The van der Waals surface area contributed by atoms with Gasteiger partial charge in [0.2, 0.25) is 0 Å². The Morgan fingerprint density at radius 3 is 0.711 bits per heavy atom. The number of aromatic nitrogens is 6. The molecule has 0 saturated heterocycles. The van der Waals surface area contributed by atoms with Crippen molar-refractivity contribution in [3.05, 3.63) is 419 Å². The highest BCUT2D eigenvalue weighted by atomic mass is 15.2. The van der Waals surface area contributed by atoms with Crippen LogP contribution in [-0.2, 0) is 0 Å². The summed E-state index contributed by atoms with van der Waals surface area (Å²) in [5, 5.41) is 14.0. The van der Waals surface area contributed by atoms with Gasteiger partial charge in [0.15, 0.2) is 17.5 Å². The third kappa shape index (κ3) is 11.4. The Kier molecular flexibility index (Phi) is 15.7. The van der Waals surface area contributed by atoms with E-state index in [0.717, 1.165) is 150 Å². The summed E-state index contributed by atoms with van der Waals surface area (Å²) in [5.74, 6) is 1.63. The van der Waals surface area contributed by atoms with Crippen LogP contribution in [0, 0.1) is 0 Å². The first kappa shape index (κ1) is 65.6. The molecule has 0 spiro atoms. The van der Waals surface area contributed by atoms with E-state index in [2.05, 4.69) is 447 Å². The van der Waals surface area contributed by atoms with E-state index in [0.29, 0.717) is 17.5 Å². The summed E-state index contributed by atoms with van der Waals surface area (Å²) in [7, 11) is 0. The molecule has 114 heavy (non-hydrogen) atoms. The van der Waals surface area contributed by atoms with Crippen LogP contribution < -0.4 is 14.7 Å². The Labute approximate surface area is 657 Å². The van der Waals surface area contributed by atoms with Crippen LogP contribution in [0.2, 0.25) is 0 Å². The normalized spacial score (nSPS) is 11.7. The molecule has 0 atom stereocenters. The molecule has 0 bridgehead atoms. The lowest BCUT2D eigenvalue weighted by Gasteiger charge is -2.26. The maximum absolute atomic E-state index is 5.58. The number of rotatable bonds is 15. The van der Waals surface area contributed by atoms with Crippen LogP contribution in [0.3, 0.4) is 0 Å². The summed E-state index contributed by atoms with van der Waals surface area (Å²) in [6.07, 6.45) is 0. The zero-order valence-corrected chi connectivity index (χ0v) is 61.9. The van der Waals surface area contributed by atoms with Crippen molar-refractivity contribution in [2.75, 3.05) is 14.7 Å². The Balaban J connectivity index is 0.693. The lowest BCUT2D eigenvalue weighted by atomic mass is 10.1. The van der Waals surface area contributed by atoms with Gasteiger partial charge in [-0.25, -0.2) is 15.0 Å². The second-order valence-corrected chi connectivity index (χ2v) is 29.2. The molecule has 0 aliphatic carbocycles. The van der Waals surface area contributed by atoms with E-state index < -0.39 is 0 Å². The summed E-state index contributed by atoms with van der Waals surface area (Å²) in [6.45, 7) is 0. The van der Waals surface area contributed by atoms with E-state index in [1.807, 2.05) is 0 Å². The smallest absolute Gasteiger partial charge is 0.164 e. The van der Waals surface area contributed by atoms with Gasteiger partial charge < -0.3 is 28.4 Å². The molecule has 0 aliphatic rings. The number of anilines is 9. The van der Waals surface area contributed by atoms with E-state index in [9.17, 15) is 0 Å². The number of hydrogen-bond acceptors (Lipinski definition) is 6. The SMILES string of the molecule is c1ccc(N(c2ccc3ccccc3c2)c2ccc3c(c2)c2ccccc2n3-c2cccc(-c3nc(-c4cccc(-n5c6ccccc6c6cc(N(c7ccccc7)c7ccc8ccccc8c7)ccc65)c4)nc(-c4cccc(-n5c6ccccc6c6cc(N(c7ccccc7)c7ccc8ccccc8c7)ccc65)c4)n3)c2)cc1. The van der Waals surface area contributed by atoms with Gasteiger partial charge in [0.25, 0.3) is 0 Å². The topological polar surface area (TPSA) is 63.2 Å². The predicted octanol–water partition coefficient (Wildman–Crippen LogP) is 28.0. The lowest BCUT2D eigenvalue weighted by Crippen LogP contribution is -2.09. The van der Waals surface area contributed by atoms with Gasteiger partial charge in [-0.3, -0.25) is 0 Å². The first-order valence-corrected chi connectivity index (χ1v) is 38.7. The second kappa shape index (κ2) is 27.3. The van der Waals surface area contributed by atoms with Crippen molar-refractivity contribution in [3.63, 3.8) is 0 Å². The van der Waals surface area contributed by atoms with Gasteiger partial charge in [0.05, 0.1) is 33.1 Å². The molecular weight excluding hydrogens is 1390 g/mol. The quantitative estimate of drug-likeness (QED) is 0.102. The largest absolute Gasteiger partial charge is 0.310 e. The molecular formula is C105H69N9. The fourth-order valence-electron chi connectivity index (χ4n) is 17.3. The number of para-hydroxylation sites is 6. The third-order valence-corrected chi connectivity index (χ3v) is 22.5. The Bertz CT molecular complexity index is 6810. The monoisotopic (exact) mass is 1460 g/mol. The van der Waals surface area contributed by atoms with Crippen molar-refractivity contribution in [3.8, 4) is 51.2 Å². The third-order valence-electron chi connectivity index (χ3n) is 22.5. The van der Waals surface area contributed by atoms with Gasteiger partial charge in [-0.05, 0) is 214 Å². The standard InChI is InChI=1S/C105H69N9/c1-4-34-79(35-5-1)109(85-52-49-70-25-10-13-28-73(70)61-85)88-55-58-100-94(67-88)91-43-16-19-46-97(91)112(100)82-40-22-31-76(64-82)103-106-104(77-32-23-41-83(65-77)113-98-47-20-17-44-92(98)95-68-89(56-59-101(95)113)110(80-36-6-2-7-37-80)86-53-50-71-26-11-14-29-74(71)62-86)108-105(107-103)78-33-24-42-84(66-78)114-99-48-21-18-45-93(99)96-69-90(57-60-102(96)114)111(81-38-8-3-9-39-81)87-54-51-72-27-12-15-30-75(72)63-87/h1-69H. The molecule has 18 aromatic carbocycles. The molecule has 0 saturated carbocycles. The average Bonchev–Trinajstić information content (AvgIpc) is 1.58. The summed E-state index contributed by atoms with van der Waals surface area (Å²) >= 11 is 0. The van der Waals surface area contributed by atoms with Gasteiger partial charge in [0.1, 0.15) is 0 Å². The van der Waals surface area contributed by atoms with Crippen LogP contribution in [0.15, 0.2) is 419 Å². The number of fused-ring (bicyclic) bond motifs is 12.